The third-order valence-electron chi connectivity index (χ3n) is 5.14. The molecule has 0 aromatic heterocycles. The average Bonchev–Trinajstić information content (AvgIpc) is 2.55. The molecule has 2 heterocycles. The van der Waals surface area contributed by atoms with Gasteiger partial charge in [-0.1, -0.05) is 0 Å². The number of ether oxygens (including phenoxy) is 2. The zero-order chi connectivity index (χ0) is 15.7. The summed E-state index contributed by atoms with van der Waals surface area (Å²) in [5.41, 5.74) is 9.58. The van der Waals surface area contributed by atoms with E-state index in [1.54, 1.807) is 14.2 Å². The van der Waals surface area contributed by atoms with E-state index < -0.39 is 0 Å². The molecule has 5 nitrogen and oxygen atoms in total. The van der Waals surface area contributed by atoms with E-state index in [1.807, 2.05) is 0 Å². The Kier molecular flexibility index (Phi) is 4.45. The molecule has 1 aromatic rings. The van der Waals surface area contributed by atoms with Crippen molar-refractivity contribution in [1.29, 1.82) is 0 Å². The van der Waals surface area contributed by atoms with Crippen molar-refractivity contribution in [3.8, 4) is 11.5 Å². The standard InChI is InChI=1S/C17H27N3O2/c1-19-7-4-13(5-8-19)20-9-6-14-12(11-20)10-15(21-2)17(22-3)16(14)18/h10,13H,4-9,11,18H2,1-3H3. The van der Waals surface area contributed by atoms with E-state index in [4.69, 9.17) is 15.2 Å². The van der Waals surface area contributed by atoms with Crippen molar-refractivity contribution < 1.29 is 9.47 Å². The van der Waals surface area contributed by atoms with Crippen LogP contribution in [0.5, 0.6) is 11.5 Å². The summed E-state index contributed by atoms with van der Waals surface area (Å²) in [5, 5.41) is 0. The Morgan fingerprint density at radius 1 is 1.14 bits per heavy atom. The molecule has 2 aliphatic heterocycles. The van der Waals surface area contributed by atoms with Crippen LogP contribution < -0.4 is 15.2 Å². The highest BCUT2D eigenvalue weighted by molar-refractivity contribution is 5.68. The number of hydrogen-bond acceptors (Lipinski definition) is 5. The summed E-state index contributed by atoms with van der Waals surface area (Å²) in [6, 6.07) is 2.80. The minimum Gasteiger partial charge on any atom is -0.493 e. The molecule has 1 fully saturated rings. The minimum absolute atomic E-state index is 0.675. The fourth-order valence-electron chi connectivity index (χ4n) is 3.78. The van der Waals surface area contributed by atoms with Gasteiger partial charge in [-0.25, -0.2) is 0 Å². The summed E-state index contributed by atoms with van der Waals surface area (Å²) in [7, 11) is 5.52. The Bertz CT molecular complexity index is 539. The molecular formula is C17H27N3O2. The number of benzene rings is 1. The first-order valence-corrected chi connectivity index (χ1v) is 8.08. The molecule has 122 valence electrons. The number of nitrogen functional groups attached to an aromatic ring is 1. The number of anilines is 1. The van der Waals surface area contributed by atoms with Gasteiger partial charge in [0.25, 0.3) is 0 Å². The number of nitrogens with zero attached hydrogens (tertiary/aromatic N) is 2. The molecule has 0 aliphatic carbocycles. The quantitative estimate of drug-likeness (QED) is 0.862. The first-order valence-electron chi connectivity index (χ1n) is 8.08. The molecule has 3 rings (SSSR count). The van der Waals surface area contributed by atoms with Gasteiger partial charge in [0, 0.05) is 19.1 Å². The highest BCUT2D eigenvalue weighted by atomic mass is 16.5. The number of fused-ring (bicyclic) bond motifs is 1. The lowest BCUT2D eigenvalue weighted by Gasteiger charge is -2.40. The highest BCUT2D eigenvalue weighted by Gasteiger charge is 2.28. The van der Waals surface area contributed by atoms with Crippen LogP contribution in [-0.4, -0.2) is 56.7 Å². The van der Waals surface area contributed by atoms with Crippen LogP contribution in [0.1, 0.15) is 24.0 Å². The van der Waals surface area contributed by atoms with Crippen molar-refractivity contribution in [2.45, 2.75) is 31.8 Å². The van der Waals surface area contributed by atoms with Gasteiger partial charge in [-0.15, -0.1) is 0 Å². The first kappa shape index (κ1) is 15.4. The highest BCUT2D eigenvalue weighted by Crippen LogP contribution is 2.40. The maximum atomic E-state index is 6.30. The molecule has 0 amide bonds. The SMILES string of the molecule is COc1cc2c(c(N)c1OC)CCN(C1CCN(C)CC1)C2. The smallest absolute Gasteiger partial charge is 0.184 e. The number of likely N-dealkylation sites (tertiary alicyclic amines) is 1. The van der Waals surface area contributed by atoms with Gasteiger partial charge in [-0.3, -0.25) is 4.90 Å². The summed E-state index contributed by atoms with van der Waals surface area (Å²) in [5.74, 6) is 1.41. The van der Waals surface area contributed by atoms with E-state index >= 15 is 0 Å². The van der Waals surface area contributed by atoms with Crippen molar-refractivity contribution >= 4 is 5.69 Å². The molecule has 0 saturated carbocycles. The van der Waals surface area contributed by atoms with E-state index in [0.717, 1.165) is 30.9 Å². The Hall–Kier alpha value is -1.46. The second-order valence-corrected chi connectivity index (χ2v) is 6.42. The van der Waals surface area contributed by atoms with Crippen LogP contribution in [0.25, 0.3) is 0 Å². The van der Waals surface area contributed by atoms with Gasteiger partial charge in [0.1, 0.15) is 0 Å². The number of hydrogen-bond donors (Lipinski definition) is 1. The molecular weight excluding hydrogens is 278 g/mol. The molecule has 0 radical (unpaired) electrons. The van der Waals surface area contributed by atoms with Gasteiger partial charge < -0.3 is 20.1 Å². The van der Waals surface area contributed by atoms with Crippen LogP contribution in [0, 0.1) is 0 Å². The number of methoxy groups -OCH3 is 2. The molecule has 0 spiro atoms. The second-order valence-electron chi connectivity index (χ2n) is 6.42. The summed E-state index contributed by atoms with van der Waals surface area (Å²) >= 11 is 0. The van der Waals surface area contributed by atoms with E-state index in [1.165, 1.54) is 37.1 Å². The van der Waals surface area contributed by atoms with Gasteiger partial charge in [0.2, 0.25) is 0 Å². The van der Waals surface area contributed by atoms with E-state index in [2.05, 4.69) is 22.9 Å². The zero-order valence-electron chi connectivity index (χ0n) is 13.9. The summed E-state index contributed by atoms with van der Waals surface area (Å²) in [6.45, 7) is 4.44. The lowest BCUT2D eigenvalue weighted by molar-refractivity contribution is 0.109. The van der Waals surface area contributed by atoms with Gasteiger partial charge in [0.15, 0.2) is 11.5 Å². The van der Waals surface area contributed by atoms with Crippen molar-refractivity contribution in [3.05, 3.63) is 17.2 Å². The Balaban J connectivity index is 1.82. The number of nitrogens with two attached hydrogens (primary N) is 1. The van der Waals surface area contributed by atoms with Crippen molar-refractivity contribution in [2.75, 3.05) is 46.6 Å². The first-order chi connectivity index (χ1) is 10.6. The average molecular weight is 305 g/mol. The fraction of sp³-hybridized carbons (Fsp3) is 0.647. The molecule has 2 aliphatic rings. The van der Waals surface area contributed by atoms with Crippen LogP contribution in [0.4, 0.5) is 5.69 Å². The van der Waals surface area contributed by atoms with E-state index in [0.29, 0.717) is 11.8 Å². The van der Waals surface area contributed by atoms with Crippen molar-refractivity contribution in [3.63, 3.8) is 0 Å². The summed E-state index contributed by atoms with van der Waals surface area (Å²) in [6.07, 6.45) is 3.51. The molecule has 1 aromatic carbocycles. The summed E-state index contributed by atoms with van der Waals surface area (Å²) < 4.78 is 10.9. The zero-order valence-corrected chi connectivity index (χ0v) is 13.9. The maximum absolute atomic E-state index is 6.30. The molecule has 5 heteroatoms. The van der Waals surface area contributed by atoms with Gasteiger partial charge in [0.05, 0.1) is 19.9 Å². The van der Waals surface area contributed by atoms with E-state index in [9.17, 15) is 0 Å². The molecule has 0 unspecified atom stereocenters. The molecule has 0 bridgehead atoms. The minimum atomic E-state index is 0.675. The fourth-order valence-corrected chi connectivity index (χ4v) is 3.78. The van der Waals surface area contributed by atoms with Crippen molar-refractivity contribution in [1.82, 2.24) is 9.80 Å². The van der Waals surface area contributed by atoms with Gasteiger partial charge >= 0.3 is 0 Å². The van der Waals surface area contributed by atoms with E-state index in [-0.39, 0.29) is 0 Å². The van der Waals surface area contributed by atoms with Crippen LogP contribution in [0.2, 0.25) is 0 Å². The van der Waals surface area contributed by atoms with Crippen LogP contribution in [0.15, 0.2) is 6.07 Å². The lowest BCUT2D eigenvalue weighted by Crippen LogP contribution is -2.45. The second kappa shape index (κ2) is 6.34. The van der Waals surface area contributed by atoms with Crippen LogP contribution >= 0.6 is 0 Å². The lowest BCUT2D eigenvalue weighted by atomic mass is 9.93. The molecule has 2 N–H and O–H groups in total. The normalized spacial score (nSPS) is 20.7. The summed E-state index contributed by atoms with van der Waals surface area (Å²) in [4.78, 5) is 5.03. The largest absolute Gasteiger partial charge is 0.493 e. The Morgan fingerprint density at radius 3 is 2.50 bits per heavy atom. The predicted octanol–water partition coefficient (Wildman–Crippen LogP) is 1.74. The van der Waals surface area contributed by atoms with Crippen LogP contribution in [-0.2, 0) is 13.0 Å². The number of piperidine rings is 1. The number of rotatable bonds is 3. The third-order valence-corrected chi connectivity index (χ3v) is 5.14. The Morgan fingerprint density at radius 2 is 1.86 bits per heavy atom. The third kappa shape index (κ3) is 2.75. The van der Waals surface area contributed by atoms with Gasteiger partial charge in [-0.2, -0.15) is 0 Å². The Labute approximate surface area is 133 Å². The molecule has 0 atom stereocenters. The maximum Gasteiger partial charge on any atom is 0.184 e. The van der Waals surface area contributed by atoms with Crippen LogP contribution in [0.3, 0.4) is 0 Å². The molecule has 22 heavy (non-hydrogen) atoms. The topological polar surface area (TPSA) is 51.0 Å². The van der Waals surface area contributed by atoms with Gasteiger partial charge in [-0.05, 0) is 56.6 Å². The molecule has 1 saturated heterocycles. The monoisotopic (exact) mass is 305 g/mol. The van der Waals surface area contributed by atoms with Crippen molar-refractivity contribution in [2.24, 2.45) is 0 Å². The predicted molar refractivity (Wildman–Crippen MR) is 88.6 cm³/mol.